The topological polar surface area (TPSA) is 106 Å². The van der Waals surface area contributed by atoms with E-state index in [2.05, 4.69) is 25.6 Å². The summed E-state index contributed by atoms with van der Waals surface area (Å²) < 4.78 is 46.0. The van der Waals surface area contributed by atoms with Crippen molar-refractivity contribution in [1.82, 2.24) is 10.2 Å². The minimum Gasteiger partial charge on any atom is -0.466 e. The molecule has 0 aliphatic rings. The van der Waals surface area contributed by atoms with Crippen molar-refractivity contribution in [2.24, 2.45) is 0 Å². The van der Waals surface area contributed by atoms with Crippen LogP contribution in [0.15, 0.2) is 39.1 Å². The normalized spacial score (nSPS) is 11.3. The molecule has 31 heavy (non-hydrogen) atoms. The Balaban J connectivity index is 1.48. The smallest absolute Gasteiger partial charge is 0.466 e. The average molecular weight is 472 g/mol. The maximum atomic E-state index is 12.3. The number of rotatable bonds is 7. The number of anilines is 2. The third-order valence-corrected chi connectivity index (χ3v) is 5.58. The number of carbonyl (C=O) groups is 2. The van der Waals surface area contributed by atoms with Gasteiger partial charge < -0.3 is 14.5 Å². The Hall–Kier alpha value is -3.06. The van der Waals surface area contributed by atoms with Gasteiger partial charge in [0.25, 0.3) is 5.91 Å². The minimum absolute atomic E-state index is 0.0105. The van der Waals surface area contributed by atoms with E-state index in [-0.39, 0.29) is 28.4 Å². The predicted molar refractivity (Wildman–Crippen MR) is 109 cm³/mol. The summed E-state index contributed by atoms with van der Waals surface area (Å²) in [6.45, 7) is 3.41. The summed E-state index contributed by atoms with van der Waals surface area (Å²) in [6.07, 6.45) is -4.78. The van der Waals surface area contributed by atoms with E-state index < -0.39 is 6.36 Å². The van der Waals surface area contributed by atoms with Crippen molar-refractivity contribution in [1.29, 1.82) is 0 Å². The van der Waals surface area contributed by atoms with Crippen LogP contribution in [0.5, 0.6) is 5.75 Å². The number of ether oxygens (including phenoxy) is 1. The van der Waals surface area contributed by atoms with Gasteiger partial charge in [0.1, 0.15) is 17.3 Å². The zero-order valence-electron chi connectivity index (χ0n) is 16.1. The number of aromatic nitrogens is 2. The number of hydrogen-bond acceptors (Lipinski definition) is 8. The van der Waals surface area contributed by atoms with Gasteiger partial charge in [-0.2, -0.15) is 0 Å². The summed E-state index contributed by atoms with van der Waals surface area (Å²) >= 11 is 2.20. The van der Waals surface area contributed by atoms with Crippen LogP contribution in [0, 0.1) is 13.8 Å². The lowest BCUT2D eigenvalue weighted by molar-refractivity contribution is -0.274. The number of nitrogens with one attached hydrogen (secondary N) is 2. The second-order valence-electron chi connectivity index (χ2n) is 6.06. The molecule has 2 amide bonds. The molecule has 1 aromatic carbocycles. The van der Waals surface area contributed by atoms with E-state index >= 15 is 0 Å². The molecule has 0 atom stereocenters. The number of nitrogens with zero attached hydrogens (tertiary/aromatic N) is 2. The van der Waals surface area contributed by atoms with Gasteiger partial charge in [0.2, 0.25) is 11.0 Å². The molecule has 13 heteroatoms. The molecular formula is C18H15F3N4O4S2. The molecule has 0 aliphatic heterocycles. The van der Waals surface area contributed by atoms with Crippen LogP contribution >= 0.6 is 23.1 Å². The molecule has 0 unspecified atom stereocenters. The van der Waals surface area contributed by atoms with Crippen molar-refractivity contribution in [3.63, 3.8) is 0 Å². The van der Waals surface area contributed by atoms with Crippen LogP contribution in [0.3, 0.4) is 0 Å². The average Bonchev–Trinajstić information content (AvgIpc) is 3.26. The number of halogens is 3. The molecular weight excluding hydrogens is 457 g/mol. The van der Waals surface area contributed by atoms with Crippen molar-refractivity contribution < 1.29 is 31.9 Å². The number of aryl methyl sites for hydroxylation is 2. The van der Waals surface area contributed by atoms with Gasteiger partial charge in [-0.1, -0.05) is 23.1 Å². The Morgan fingerprint density at radius 2 is 1.87 bits per heavy atom. The predicted octanol–water partition coefficient (Wildman–Crippen LogP) is 4.63. The highest BCUT2D eigenvalue weighted by Gasteiger charge is 2.31. The number of alkyl halides is 3. The van der Waals surface area contributed by atoms with Gasteiger partial charge in [-0.15, -0.1) is 23.4 Å². The first-order valence-corrected chi connectivity index (χ1v) is 10.4. The molecule has 8 nitrogen and oxygen atoms in total. The second kappa shape index (κ2) is 9.39. The molecule has 3 rings (SSSR count). The van der Waals surface area contributed by atoms with Crippen molar-refractivity contribution in [2.45, 2.75) is 24.5 Å². The molecule has 0 bridgehead atoms. The van der Waals surface area contributed by atoms with Gasteiger partial charge >= 0.3 is 6.36 Å². The molecule has 2 N–H and O–H groups in total. The first-order chi connectivity index (χ1) is 14.6. The van der Waals surface area contributed by atoms with Crippen LogP contribution in [0.2, 0.25) is 0 Å². The Kier molecular flexibility index (Phi) is 6.85. The molecule has 0 saturated heterocycles. The van der Waals surface area contributed by atoms with Crippen molar-refractivity contribution in [2.75, 3.05) is 16.4 Å². The third kappa shape index (κ3) is 6.72. The zero-order valence-corrected chi connectivity index (χ0v) is 17.7. The lowest BCUT2D eigenvalue weighted by atomic mass is 10.2. The summed E-state index contributed by atoms with van der Waals surface area (Å²) in [6, 6.07) is 6.40. The van der Waals surface area contributed by atoms with E-state index in [0.717, 1.165) is 35.2 Å². The highest BCUT2D eigenvalue weighted by Crippen LogP contribution is 2.27. The number of amides is 2. The molecule has 0 radical (unpaired) electrons. The van der Waals surface area contributed by atoms with Crippen LogP contribution in [0.4, 0.5) is 24.0 Å². The fourth-order valence-corrected chi connectivity index (χ4v) is 3.95. The number of carbonyl (C=O) groups excluding carboxylic acids is 2. The Bertz CT molecular complexity index is 1080. The van der Waals surface area contributed by atoms with Gasteiger partial charge in [-0.25, -0.2) is 0 Å². The van der Waals surface area contributed by atoms with E-state index in [1.807, 2.05) is 0 Å². The highest BCUT2D eigenvalue weighted by molar-refractivity contribution is 8.01. The first-order valence-electron chi connectivity index (χ1n) is 8.59. The lowest BCUT2D eigenvalue weighted by Crippen LogP contribution is -2.17. The van der Waals surface area contributed by atoms with Crippen LogP contribution in [-0.4, -0.2) is 34.1 Å². The molecule has 0 fully saturated rings. The number of furan rings is 1. The van der Waals surface area contributed by atoms with E-state index in [4.69, 9.17) is 4.42 Å². The van der Waals surface area contributed by atoms with Gasteiger partial charge in [0.05, 0.1) is 11.3 Å². The Morgan fingerprint density at radius 3 is 2.48 bits per heavy atom. The third-order valence-electron chi connectivity index (χ3n) is 3.61. The van der Waals surface area contributed by atoms with E-state index in [1.165, 1.54) is 12.1 Å². The van der Waals surface area contributed by atoms with Gasteiger partial charge in [-0.05, 0) is 44.2 Å². The minimum atomic E-state index is -4.78. The molecule has 3 aromatic rings. The molecule has 2 heterocycles. The largest absolute Gasteiger partial charge is 0.573 e. The maximum Gasteiger partial charge on any atom is 0.573 e. The Morgan fingerprint density at radius 1 is 1.16 bits per heavy atom. The standard InChI is InChI=1S/C18H15F3N4O4S2/c1-9-7-13(10(2)28-9)15(27)23-16-24-25-17(31-16)30-8-14(26)22-11-3-5-12(6-4-11)29-18(19,20)21/h3-7H,8H2,1-2H3,(H,22,26)(H,23,24,27). The summed E-state index contributed by atoms with van der Waals surface area (Å²) in [5.74, 6) is -0.0567. The lowest BCUT2D eigenvalue weighted by Gasteiger charge is -2.09. The number of benzene rings is 1. The SMILES string of the molecule is Cc1cc(C(=O)Nc2nnc(SCC(=O)Nc3ccc(OC(F)(F)F)cc3)s2)c(C)o1. The summed E-state index contributed by atoms with van der Waals surface area (Å²) in [5.41, 5.74) is 0.712. The van der Waals surface area contributed by atoms with Gasteiger partial charge in [0.15, 0.2) is 4.34 Å². The van der Waals surface area contributed by atoms with Gasteiger partial charge in [-0.3, -0.25) is 14.9 Å². The summed E-state index contributed by atoms with van der Waals surface area (Å²) in [4.78, 5) is 24.3. The molecule has 2 aromatic heterocycles. The van der Waals surface area contributed by atoms with Crippen LogP contribution in [-0.2, 0) is 4.79 Å². The fraction of sp³-hybridized carbons (Fsp3) is 0.222. The van der Waals surface area contributed by atoms with E-state index in [1.54, 1.807) is 19.9 Å². The van der Waals surface area contributed by atoms with Crippen LogP contribution in [0.25, 0.3) is 0 Å². The van der Waals surface area contributed by atoms with E-state index in [0.29, 0.717) is 27.1 Å². The monoisotopic (exact) mass is 472 g/mol. The van der Waals surface area contributed by atoms with E-state index in [9.17, 15) is 22.8 Å². The molecule has 0 aliphatic carbocycles. The van der Waals surface area contributed by atoms with Crippen LogP contribution in [0.1, 0.15) is 21.9 Å². The van der Waals surface area contributed by atoms with Crippen molar-refractivity contribution in [3.05, 3.63) is 47.4 Å². The summed E-state index contributed by atoms with van der Waals surface area (Å²) in [5, 5.41) is 13.2. The summed E-state index contributed by atoms with van der Waals surface area (Å²) in [7, 11) is 0. The second-order valence-corrected chi connectivity index (χ2v) is 8.26. The molecule has 164 valence electrons. The van der Waals surface area contributed by atoms with Gasteiger partial charge in [0, 0.05) is 5.69 Å². The Labute approximate surface area is 182 Å². The first kappa shape index (κ1) is 22.6. The van der Waals surface area contributed by atoms with Crippen molar-refractivity contribution in [3.8, 4) is 5.75 Å². The van der Waals surface area contributed by atoms with Crippen LogP contribution < -0.4 is 15.4 Å². The fourth-order valence-electron chi connectivity index (χ4n) is 2.40. The number of hydrogen-bond donors (Lipinski definition) is 2. The molecule has 0 saturated carbocycles. The highest BCUT2D eigenvalue weighted by atomic mass is 32.2. The maximum absolute atomic E-state index is 12.3. The number of thioether (sulfide) groups is 1. The zero-order chi connectivity index (χ0) is 22.6. The van der Waals surface area contributed by atoms with Crippen molar-refractivity contribution >= 4 is 45.7 Å². The molecule has 0 spiro atoms. The quantitative estimate of drug-likeness (QED) is 0.381.